The molecule has 4 heteroatoms. The molecule has 0 heterocycles. The molecule has 0 aliphatic carbocycles. The molecule has 0 fully saturated rings. The SMILES string of the molecule is CCC.O=C(O)c1ccc(-c2ccccc2-c2ccccc2)cc1C(=O)O. The summed E-state index contributed by atoms with van der Waals surface area (Å²) < 4.78 is 0. The summed E-state index contributed by atoms with van der Waals surface area (Å²) in [7, 11) is 0. The summed E-state index contributed by atoms with van der Waals surface area (Å²) in [6, 6.07) is 21.8. The maximum absolute atomic E-state index is 11.4. The fourth-order valence-electron chi connectivity index (χ4n) is 2.68. The highest BCUT2D eigenvalue weighted by Crippen LogP contribution is 2.32. The van der Waals surface area contributed by atoms with Gasteiger partial charge in [-0.25, -0.2) is 9.59 Å². The second-order valence-electron chi connectivity index (χ2n) is 5.99. The van der Waals surface area contributed by atoms with Crippen molar-refractivity contribution < 1.29 is 19.8 Å². The van der Waals surface area contributed by atoms with E-state index in [-0.39, 0.29) is 11.1 Å². The first-order valence-electron chi connectivity index (χ1n) is 8.75. The first-order valence-corrected chi connectivity index (χ1v) is 8.75. The van der Waals surface area contributed by atoms with Crippen LogP contribution in [-0.2, 0) is 0 Å². The van der Waals surface area contributed by atoms with Crippen LogP contribution in [0, 0.1) is 0 Å². The van der Waals surface area contributed by atoms with E-state index in [0.29, 0.717) is 5.56 Å². The van der Waals surface area contributed by atoms with Gasteiger partial charge in [0.1, 0.15) is 0 Å². The molecule has 0 bridgehead atoms. The van der Waals surface area contributed by atoms with E-state index >= 15 is 0 Å². The number of benzene rings is 3. The van der Waals surface area contributed by atoms with E-state index in [0.717, 1.165) is 16.7 Å². The third-order valence-corrected chi connectivity index (χ3v) is 3.80. The molecular weight excluding hydrogens is 340 g/mol. The van der Waals surface area contributed by atoms with Crippen LogP contribution in [0.2, 0.25) is 0 Å². The van der Waals surface area contributed by atoms with Crippen molar-refractivity contribution in [1.82, 2.24) is 0 Å². The quantitative estimate of drug-likeness (QED) is 0.612. The lowest BCUT2D eigenvalue weighted by atomic mass is 9.92. The molecule has 0 unspecified atom stereocenters. The molecule has 3 rings (SSSR count). The highest BCUT2D eigenvalue weighted by Gasteiger charge is 2.17. The molecule has 138 valence electrons. The van der Waals surface area contributed by atoms with Gasteiger partial charge in [0.25, 0.3) is 0 Å². The van der Waals surface area contributed by atoms with Crippen molar-refractivity contribution >= 4 is 11.9 Å². The zero-order valence-electron chi connectivity index (χ0n) is 15.3. The van der Waals surface area contributed by atoms with Gasteiger partial charge in [-0.1, -0.05) is 80.9 Å². The number of carboxylic acids is 2. The predicted molar refractivity (Wildman–Crippen MR) is 107 cm³/mol. The van der Waals surface area contributed by atoms with Gasteiger partial charge in [0.05, 0.1) is 11.1 Å². The number of aromatic carboxylic acids is 2. The van der Waals surface area contributed by atoms with Crippen LogP contribution in [0.5, 0.6) is 0 Å². The van der Waals surface area contributed by atoms with E-state index in [1.807, 2.05) is 54.6 Å². The topological polar surface area (TPSA) is 74.6 Å². The lowest BCUT2D eigenvalue weighted by molar-refractivity contribution is 0.0651. The van der Waals surface area contributed by atoms with Crippen LogP contribution in [0.3, 0.4) is 0 Å². The van der Waals surface area contributed by atoms with E-state index in [1.54, 1.807) is 6.07 Å². The average Bonchev–Trinajstić information content (AvgIpc) is 2.68. The Kier molecular flexibility index (Phi) is 6.89. The largest absolute Gasteiger partial charge is 0.478 e. The number of hydrogen-bond acceptors (Lipinski definition) is 2. The standard InChI is InChI=1S/C20H14O4.C3H8/c21-19(22)17-11-10-14(12-18(17)20(23)24)16-9-5-4-8-15(16)13-6-2-1-3-7-13;1-3-2/h1-12H,(H,21,22)(H,23,24);3H2,1-2H3. The molecule has 0 radical (unpaired) electrons. The summed E-state index contributed by atoms with van der Waals surface area (Å²) in [4.78, 5) is 22.6. The van der Waals surface area contributed by atoms with Crippen molar-refractivity contribution in [1.29, 1.82) is 0 Å². The lowest BCUT2D eigenvalue weighted by Gasteiger charge is -2.11. The Balaban J connectivity index is 0.000000817. The maximum atomic E-state index is 11.4. The normalized spacial score (nSPS) is 9.85. The van der Waals surface area contributed by atoms with E-state index in [4.69, 9.17) is 5.11 Å². The zero-order valence-corrected chi connectivity index (χ0v) is 15.3. The van der Waals surface area contributed by atoms with Gasteiger partial charge in [0, 0.05) is 0 Å². The van der Waals surface area contributed by atoms with Gasteiger partial charge in [-0.2, -0.15) is 0 Å². The van der Waals surface area contributed by atoms with Crippen LogP contribution < -0.4 is 0 Å². The van der Waals surface area contributed by atoms with Crippen molar-refractivity contribution in [3.8, 4) is 22.3 Å². The molecule has 0 saturated carbocycles. The number of rotatable bonds is 4. The van der Waals surface area contributed by atoms with E-state index in [2.05, 4.69) is 13.8 Å². The minimum absolute atomic E-state index is 0.219. The van der Waals surface area contributed by atoms with Gasteiger partial charge in [-0.15, -0.1) is 0 Å². The Morgan fingerprint density at radius 1 is 0.667 bits per heavy atom. The highest BCUT2D eigenvalue weighted by molar-refractivity contribution is 6.03. The summed E-state index contributed by atoms with van der Waals surface area (Å²) in [6.45, 7) is 4.25. The molecule has 0 saturated heterocycles. The van der Waals surface area contributed by atoms with Crippen LogP contribution in [0.15, 0.2) is 72.8 Å². The average molecular weight is 362 g/mol. The second kappa shape index (κ2) is 9.34. The van der Waals surface area contributed by atoms with Gasteiger partial charge in [-0.05, 0) is 34.4 Å². The van der Waals surface area contributed by atoms with Gasteiger partial charge in [0.15, 0.2) is 0 Å². The van der Waals surface area contributed by atoms with Crippen LogP contribution in [0.1, 0.15) is 41.0 Å². The molecule has 3 aromatic rings. The lowest BCUT2D eigenvalue weighted by Crippen LogP contribution is -2.08. The van der Waals surface area contributed by atoms with Crippen molar-refractivity contribution in [3.05, 3.63) is 83.9 Å². The van der Waals surface area contributed by atoms with E-state index in [9.17, 15) is 14.7 Å². The third-order valence-electron chi connectivity index (χ3n) is 3.80. The first-order chi connectivity index (χ1) is 13.0. The second-order valence-corrected chi connectivity index (χ2v) is 5.99. The summed E-state index contributed by atoms with van der Waals surface area (Å²) in [5, 5.41) is 18.5. The van der Waals surface area contributed by atoms with Crippen molar-refractivity contribution in [2.75, 3.05) is 0 Å². The Morgan fingerprint density at radius 2 is 1.15 bits per heavy atom. The minimum Gasteiger partial charge on any atom is -0.478 e. The minimum atomic E-state index is -1.26. The number of hydrogen-bond donors (Lipinski definition) is 2. The van der Waals surface area contributed by atoms with Crippen molar-refractivity contribution in [2.45, 2.75) is 20.3 Å². The highest BCUT2D eigenvalue weighted by atomic mass is 16.4. The monoisotopic (exact) mass is 362 g/mol. The molecule has 27 heavy (non-hydrogen) atoms. The Bertz CT molecular complexity index is 930. The molecule has 0 aliphatic rings. The predicted octanol–water partition coefficient (Wildman–Crippen LogP) is 5.83. The third kappa shape index (κ3) is 4.82. The maximum Gasteiger partial charge on any atom is 0.336 e. The molecular formula is C23H22O4. The molecule has 0 amide bonds. The fraction of sp³-hybridized carbons (Fsp3) is 0.130. The zero-order chi connectivity index (χ0) is 19.8. The first kappa shape index (κ1) is 19.9. The molecule has 0 spiro atoms. The Labute approximate surface area is 158 Å². The molecule has 4 nitrogen and oxygen atoms in total. The summed E-state index contributed by atoms with van der Waals surface area (Å²) >= 11 is 0. The van der Waals surface area contributed by atoms with Crippen molar-refractivity contribution in [3.63, 3.8) is 0 Å². The molecule has 3 aromatic carbocycles. The Hall–Kier alpha value is -3.40. The van der Waals surface area contributed by atoms with Crippen LogP contribution in [0.4, 0.5) is 0 Å². The van der Waals surface area contributed by atoms with Gasteiger partial charge in [-0.3, -0.25) is 0 Å². The van der Waals surface area contributed by atoms with Crippen LogP contribution in [-0.4, -0.2) is 22.2 Å². The molecule has 0 aliphatic heterocycles. The summed E-state index contributed by atoms with van der Waals surface area (Å²) in [5.41, 5.74) is 3.04. The summed E-state index contributed by atoms with van der Waals surface area (Å²) in [5.74, 6) is -2.51. The fourth-order valence-corrected chi connectivity index (χ4v) is 2.68. The molecule has 0 atom stereocenters. The van der Waals surface area contributed by atoms with Gasteiger partial charge < -0.3 is 10.2 Å². The number of carbonyl (C=O) groups is 2. The van der Waals surface area contributed by atoms with Gasteiger partial charge in [0.2, 0.25) is 0 Å². The Morgan fingerprint density at radius 3 is 1.67 bits per heavy atom. The molecule has 2 N–H and O–H groups in total. The van der Waals surface area contributed by atoms with Crippen molar-refractivity contribution in [2.24, 2.45) is 0 Å². The van der Waals surface area contributed by atoms with E-state index < -0.39 is 11.9 Å². The van der Waals surface area contributed by atoms with Crippen LogP contribution >= 0.6 is 0 Å². The van der Waals surface area contributed by atoms with E-state index in [1.165, 1.54) is 18.6 Å². The number of carboxylic acid groups (broad SMARTS) is 2. The smallest absolute Gasteiger partial charge is 0.336 e. The van der Waals surface area contributed by atoms with Gasteiger partial charge >= 0.3 is 11.9 Å². The summed E-state index contributed by atoms with van der Waals surface area (Å²) in [6.07, 6.45) is 1.25. The molecule has 0 aromatic heterocycles. The van der Waals surface area contributed by atoms with Crippen LogP contribution in [0.25, 0.3) is 22.3 Å².